The summed E-state index contributed by atoms with van der Waals surface area (Å²) in [5.41, 5.74) is -0.150. The van der Waals surface area contributed by atoms with E-state index in [-0.39, 0.29) is 42.1 Å². The minimum absolute atomic E-state index is 0.0644. The number of hydrogen-bond acceptors (Lipinski definition) is 8. The van der Waals surface area contributed by atoms with Crippen molar-refractivity contribution in [1.82, 2.24) is 29.0 Å². The van der Waals surface area contributed by atoms with Crippen LogP contribution in [-0.2, 0) is 18.3 Å². The fraction of sp³-hybridized carbons (Fsp3) is 0.423. The molecule has 1 aliphatic heterocycles. The van der Waals surface area contributed by atoms with Crippen molar-refractivity contribution in [2.45, 2.75) is 52.7 Å². The van der Waals surface area contributed by atoms with Gasteiger partial charge in [0, 0.05) is 41.7 Å². The maximum atomic E-state index is 13.9. The van der Waals surface area contributed by atoms with Gasteiger partial charge in [-0.25, -0.2) is 14.5 Å². The van der Waals surface area contributed by atoms with Crippen molar-refractivity contribution in [2.24, 2.45) is 7.05 Å². The van der Waals surface area contributed by atoms with Gasteiger partial charge in [0.2, 0.25) is 5.56 Å². The maximum Gasteiger partial charge on any atom is 0.332 e. The van der Waals surface area contributed by atoms with E-state index in [9.17, 15) is 24.3 Å². The molecule has 2 N–H and O–H groups in total. The second-order valence-electron chi connectivity index (χ2n) is 10.4. The summed E-state index contributed by atoms with van der Waals surface area (Å²) >= 11 is 1.21. The Morgan fingerprint density at radius 1 is 1.26 bits per heavy atom. The van der Waals surface area contributed by atoms with Crippen molar-refractivity contribution in [1.29, 1.82) is 0 Å². The van der Waals surface area contributed by atoms with Crippen LogP contribution in [0.1, 0.15) is 59.0 Å². The van der Waals surface area contributed by atoms with Crippen LogP contribution >= 0.6 is 11.3 Å². The third-order valence-electron chi connectivity index (χ3n) is 6.92. The molecular weight excluding hydrogens is 524 g/mol. The van der Waals surface area contributed by atoms with Gasteiger partial charge >= 0.3 is 5.69 Å². The predicted octanol–water partition coefficient (Wildman–Crippen LogP) is 1.56. The Labute approximate surface area is 226 Å². The van der Waals surface area contributed by atoms with Crippen LogP contribution < -0.4 is 16.8 Å². The van der Waals surface area contributed by atoms with E-state index in [1.807, 2.05) is 27.7 Å². The Balaban J connectivity index is 1.74. The number of aliphatic hydroxyl groups is 1. The number of hydroxylamine groups is 2. The van der Waals surface area contributed by atoms with Crippen LogP contribution in [0.2, 0.25) is 0 Å². The number of amides is 1. The predicted molar refractivity (Wildman–Crippen MR) is 146 cm³/mol. The highest BCUT2D eigenvalue weighted by Crippen LogP contribution is 2.35. The summed E-state index contributed by atoms with van der Waals surface area (Å²) < 4.78 is 4.15. The van der Waals surface area contributed by atoms with Gasteiger partial charge in [-0.15, -0.1) is 11.3 Å². The quantitative estimate of drug-likeness (QED) is 0.381. The van der Waals surface area contributed by atoms with Gasteiger partial charge in [0.15, 0.2) is 0 Å². The van der Waals surface area contributed by atoms with E-state index >= 15 is 0 Å². The van der Waals surface area contributed by atoms with Crippen LogP contribution in [0.15, 0.2) is 32.6 Å². The van der Waals surface area contributed by atoms with E-state index in [0.717, 1.165) is 20.9 Å². The van der Waals surface area contributed by atoms with Gasteiger partial charge in [0.05, 0.1) is 23.2 Å². The van der Waals surface area contributed by atoms with Crippen molar-refractivity contribution in [3.63, 3.8) is 0 Å². The van der Waals surface area contributed by atoms with Crippen molar-refractivity contribution in [3.8, 4) is 5.82 Å². The lowest BCUT2D eigenvalue weighted by atomic mass is 10.0. The minimum atomic E-state index is -1.23. The normalized spacial score (nSPS) is 17.6. The topological polar surface area (TPSA) is 144 Å². The molecule has 13 heteroatoms. The molecule has 4 aromatic rings. The minimum Gasteiger partial charge on any atom is -0.386 e. The molecule has 0 spiro atoms. The number of β-amino-alcohol motifs (C(OH)–C–C–N with tert-alkyl or cyclic N) is 1. The summed E-state index contributed by atoms with van der Waals surface area (Å²) in [6.45, 7) is 8.81. The lowest BCUT2D eigenvalue weighted by molar-refractivity contribution is -0.0796. The van der Waals surface area contributed by atoms with Crippen LogP contribution in [0, 0.1) is 13.8 Å². The Hall–Kier alpha value is -3.81. The third-order valence-corrected chi connectivity index (χ3v) is 8.11. The molecule has 1 aliphatic rings. The molecule has 39 heavy (non-hydrogen) atoms. The molecule has 0 aliphatic carbocycles. The molecule has 1 atom stereocenters. The van der Waals surface area contributed by atoms with Crippen LogP contribution in [0.5, 0.6) is 0 Å². The van der Waals surface area contributed by atoms with E-state index < -0.39 is 22.8 Å². The zero-order valence-electron chi connectivity index (χ0n) is 22.6. The molecule has 0 aromatic carbocycles. The molecule has 12 nitrogen and oxygen atoms in total. The van der Waals surface area contributed by atoms with E-state index in [1.165, 1.54) is 29.0 Å². The zero-order chi connectivity index (χ0) is 28.4. The molecule has 0 saturated carbocycles. The molecule has 206 valence electrons. The highest BCUT2D eigenvalue weighted by molar-refractivity contribution is 7.19. The fourth-order valence-electron chi connectivity index (χ4n) is 4.90. The SMILES string of the molecule is Cc1nn(-c2cccc(=O)[nH]2)c(C)c1Cc1sc2c(c1C(=O)N1C[C@](C)(O)CO1)c(=O)n(C)c(=O)n2C(C)C. The van der Waals surface area contributed by atoms with E-state index in [4.69, 9.17) is 4.84 Å². The van der Waals surface area contributed by atoms with E-state index in [1.54, 1.807) is 23.7 Å². The van der Waals surface area contributed by atoms with Crippen molar-refractivity contribution >= 4 is 27.5 Å². The number of nitrogens with zero attached hydrogens (tertiary/aromatic N) is 5. The Kier molecular flexibility index (Phi) is 6.48. The number of thiophene rings is 1. The highest BCUT2D eigenvalue weighted by atomic mass is 32.1. The third kappa shape index (κ3) is 4.45. The van der Waals surface area contributed by atoms with Crippen LogP contribution in [0.3, 0.4) is 0 Å². The van der Waals surface area contributed by atoms with Gasteiger partial charge in [-0.3, -0.25) is 28.4 Å². The number of carbonyl (C=O) groups is 1. The van der Waals surface area contributed by atoms with Gasteiger partial charge in [0.1, 0.15) is 22.9 Å². The Morgan fingerprint density at radius 2 is 1.97 bits per heavy atom. The second-order valence-corrected chi connectivity index (χ2v) is 11.5. The average Bonchev–Trinajstić information content (AvgIpc) is 3.51. The molecule has 5 heterocycles. The van der Waals surface area contributed by atoms with E-state index in [0.29, 0.717) is 21.2 Å². The molecule has 1 amide bonds. The number of carbonyl (C=O) groups excluding carboxylic acids is 1. The molecule has 0 radical (unpaired) electrons. The average molecular weight is 555 g/mol. The number of fused-ring (bicyclic) bond motifs is 1. The van der Waals surface area contributed by atoms with Gasteiger partial charge < -0.3 is 10.1 Å². The van der Waals surface area contributed by atoms with Crippen LogP contribution in [0.25, 0.3) is 16.0 Å². The summed E-state index contributed by atoms with van der Waals surface area (Å²) in [4.78, 5) is 61.6. The van der Waals surface area contributed by atoms with Crippen molar-refractivity contribution in [2.75, 3.05) is 13.2 Å². The van der Waals surface area contributed by atoms with Crippen LogP contribution in [-0.4, -0.2) is 58.7 Å². The second kappa shape index (κ2) is 9.43. The molecule has 1 fully saturated rings. The molecule has 4 aromatic heterocycles. The van der Waals surface area contributed by atoms with Gasteiger partial charge in [-0.2, -0.15) is 5.10 Å². The van der Waals surface area contributed by atoms with Crippen molar-refractivity contribution < 1.29 is 14.7 Å². The first-order valence-corrected chi connectivity index (χ1v) is 13.3. The number of aromatic nitrogens is 5. The van der Waals surface area contributed by atoms with Gasteiger partial charge in [-0.05, 0) is 40.7 Å². The molecule has 5 rings (SSSR count). The number of pyridine rings is 1. The maximum absolute atomic E-state index is 13.9. The van der Waals surface area contributed by atoms with Gasteiger partial charge in [0.25, 0.3) is 11.5 Å². The Morgan fingerprint density at radius 3 is 2.59 bits per heavy atom. The number of aromatic amines is 1. The largest absolute Gasteiger partial charge is 0.386 e. The molecule has 0 bridgehead atoms. The zero-order valence-corrected chi connectivity index (χ0v) is 23.4. The van der Waals surface area contributed by atoms with Crippen molar-refractivity contribution in [3.05, 3.63) is 76.8 Å². The molecular formula is C26H30N6O6S. The number of aryl methyl sites for hydroxylation is 1. The number of rotatable bonds is 5. The molecule has 1 saturated heterocycles. The van der Waals surface area contributed by atoms with E-state index in [2.05, 4.69) is 10.1 Å². The first kappa shape index (κ1) is 26.8. The first-order chi connectivity index (χ1) is 18.3. The number of nitrogens with one attached hydrogen (secondary N) is 1. The summed E-state index contributed by atoms with van der Waals surface area (Å²) in [5.74, 6) is -0.0626. The fourth-order valence-corrected chi connectivity index (χ4v) is 6.32. The number of H-pyrrole nitrogens is 1. The summed E-state index contributed by atoms with van der Waals surface area (Å²) in [7, 11) is 1.39. The summed E-state index contributed by atoms with van der Waals surface area (Å²) in [6.07, 6.45) is 0.245. The standard InChI is InChI=1S/C26H30N6O6S/c1-13(2)31-24-21(22(34)29(6)25(31)36)20(23(35)30-11-26(5,37)12-38-30)17(39-24)10-16-14(3)28-32(15(16)4)18-8-7-9-19(33)27-18/h7-9,13,37H,10-12H2,1-6H3,(H,27,33)/t26-/m0/s1. The first-order valence-electron chi connectivity index (χ1n) is 12.5. The Bertz CT molecular complexity index is 1800. The number of hydrogen-bond donors (Lipinski definition) is 2. The highest BCUT2D eigenvalue weighted by Gasteiger charge is 2.39. The molecule has 0 unspecified atom stereocenters. The van der Waals surface area contributed by atoms with Gasteiger partial charge in [-0.1, -0.05) is 6.07 Å². The smallest absolute Gasteiger partial charge is 0.332 e. The summed E-state index contributed by atoms with van der Waals surface area (Å²) in [5, 5.41) is 16.2. The summed E-state index contributed by atoms with van der Waals surface area (Å²) in [6, 6.07) is 4.52. The monoisotopic (exact) mass is 554 g/mol. The lowest BCUT2D eigenvalue weighted by Gasteiger charge is -2.17. The lowest BCUT2D eigenvalue weighted by Crippen LogP contribution is -2.39. The van der Waals surface area contributed by atoms with Crippen LogP contribution in [0.4, 0.5) is 0 Å².